The van der Waals surface area contributed by atoms with Crippen molar-refractivity contribution in [1.82, 2.24) is 15.2 Å². The van der Waals surface area contributed by atoms with Gasteiger partial charge in [-0.3, -0.25) is 9.78 Å². The van der Waals surface area contributed by atoms with Crippen LogP contribution in [0, 0.1) is 0 Å². The number of nitrogens with zero attached hydrogens (tertiary/aromatic N) is 3. The zero-order chi connectivity index (χ0) is 13.9. The van der Waals surface area contributed by atoms with E-state index in [4.69, 9.17) is 9.52 Å². The first-order valence-electron chi connectivity index (χ1n) is 5.76. The van der Waals surface area contributed by atoms with Gasteiger partial charge < -0.3 is 9.52 Å². The summed E-state index contributed by atoms with van der Waals surface area (Å²) in [6, 6.07) is 9.64. The molecule has 0 atom stereocenters. The van der Waals surface area contributed by atoms with Crippen molar-refractivity contribution >= 4 is 28.5 Å². The number of carboxylic acids is 1. The Balaban J connectivity index is 1.97. The molecule has 0 aliphatic carbocycles. The second kappa shape index (κ2) is 5.30. The smallest absolute Gasteiger partial charge is 0.314 e. The average Bonchev–Trinajstić information content (AvgIpc) is 2.93. The molecule has 0 bridgehead atoms. The molecule has 1 aromatic carbocycles. The molecule has 2 aromatic heterocycles. The topological polar surface area (TPSA) is 89.1 Å². The van der Waals surface area contributed by atoms with Crippen LogP contribution in [0.1, 0.15) is 0 Å². The van der Waals surface area contributed by atoms with Crippen LogP contribution in [0.3, 0.4) is 0 Å². The van der Waals surface area contributed by atoms with Gasteiger partial charge in [0.15, 0.2) is 0 Å². The molecule has 0 saturated carbocycles. The molecule has 3 rings (SSSR count). The summed E-state index contributed by atoms with van der Waals surface area (Å²) >= 11 is 0.982. The van der Waals surface area contributed by atoms with Gasteiger partial charge in [0.1, 0.15) is 11.4 Å². The summed E-state index contributed by atoms with van der Waals surface area (Å²) in [5, 5.41) is 18.5. The number of rotatable bonds is 4. The molecule has 20 heavy (non-hydrogen) atoms. The van der Waals surface area contributed by atoms with Crippen molar-refractivity contribution in [2.45, 2.75) is 5.22 Å². The van der Waals surface area contributed by atoms with Gasteiger partial charge in [-0.05, 0) is 11.5 Å². The van der Waals surface area contributed by atoms with Crippen molar-refractivity contribution < 1.29 is 14.3 Å². The van der Waals surface area contributed by atoms with Gasteiger partial charge in [0.2, 0.25) is 0 Å². The van der Waals surface area contributed by atoms with E-state index in [-0.39, 0.29) is 16.9 Å². The van der Waals surface area contributed by atoms with Crippen molar-refractivity contribution in [2.24, 2.45) is 0 Å². The van der Waals surface area contributed by atoms with E-state index in [1.54, 1.807) is 6.20 Å². The highest BCUT2D eigenvalue weighted by atomic mass is 32.2. The zero-order valence-corrected chi connectivity index (χ0v) is 11.0. The lowest BCUT2D eigenvalue weighted by Crippen LogP contribution is -1.97. The highest BCUT2D eigenvalue weighted by Crippen LogP contribution is 2.27. The monoisotopic (exact) mass is 287 g/mol. The number of fused-ring (bicyclic) bond motifs is 1. The fourth-order valence-corrected chi connectivity index (χ4v) is 2.26. The normalized spacial score (nSPS) is 10.8. The molecule has 0 saturated heterocycles. The Bertz CT molecular complexity index is 767. The maximum Gasteiger partial charge on any atom is 0.314 e. The van der Waals surface area contributed by atoms with E-state index in [0.717, 1.165) is 22.5 Å². The lowest BCUT2D eigenvalue weighted by Gasteiger charge is -2.00. The molecule has 6 nitrogen and oxygen atoms in total. The molecule has 7 heteroatoms. The molecule has 0 radical (unpaired) electrons. The number of thioether (sulfide) groups is 1. The van der Waals surface area contributed by atoms with Gasteiger partial charge in [-0.15, -0.1) is 10.2 Å². The number of aliphatic carboxylic acids is 1. The third kappa shape index (κ3) is 2.48. The standard InChI is InChI=1S/C13H9N3O3S/c17-10(18)7-20-13-16-15-12(19-13)11-9-4-2-1-3-8(9)5-6-14-11/h1-6H,7H2,(H,17,18). The van der Waals surface area contributed by atoms with E-state index in [1.165, 1.54) is 0 Å². The summed E-state index contributed by atoms with van der Waals surface area (Å²) in [4.78, 5) is 14.8. The van der Waals surface area contributed by atoms with E-state index < -0.39 is 5.97 Å². The average molecular weight is 287 g/mol. The Morgan fingerprint density at radius 3 is 2.95 bits per heavy atom. The fraction of sp³-hybridized carbons (Fsp3) is 0.0769. The van der Waals surface area contributed by atoms with E-state index in [1.807, 2.05) is 30.3 Å². The molecule has 2 heterocycles. The summed E-state index contributed by atoms with van der Waals surface area (Å²) in [5.74, 6) is -0.766. The van der Waals surface area contributed by atoms with Gasteiger partial charge in [-0.2, -0.15) is 0 Å². The molecule has 0 spiro atoms. The molecule has 3 aromatic rings. The van der Waals surface area contributed by atoms with Gasteiger partial charge in [-0.25, -0.2) is 0 Å². The minimum absolute atomic E-state index is 0.120. The van der Waals surface area contributed by atoms with Crippen molar-refractivity contribution in [3.8, 4) is 11.6 Å². The predicted molar refractivity (Wildman–Crippen MR) is 73.4 cm³/mol. The first kappa shape index (κ1) is 12.6. The number of aromatic nitrogens is 3. The maximum absolute atomic E-state index is 10.5. The maximum atomic E-state index is 10.5. The molecule has 0 aliphatic heterocycles. The minimum Gasteiger partial charge on any atom is -0.481 e. The first-order chi connectivity index (χ1) is 9.74. The van der Waals surface area contributed by atoms with Gasteiger partial charge in [0.25, 0.3) is 11.1 Å². The van der Waals surface area contributed by atoms with Gasteiger partial charge in [-0.1, -0.05) is 36.0 Å². The Morgan fingerprint density at radius 1 is 1.25 bits per heavy atom. The van der Waals surface area contributed by atoms with E-state index in [0.29, 0.717) is 5.69 Å². The highest BCUT2D eigenvalue weighted by Gasteiger charge is 2.14. The second-order valence-corrected chi connectivity index (χ2v) is 4.86. The molecule has 100 valence electrons. The molecule has 0 fully saturated rings. The number of carboxylic acid groups (broad SMARTS) is 1. The van der Waals surface area contributed by atoms with Crippen LogP contribution in [-0.2, 0) is 4.79 Å². The largest absolute Gasteiger partial charge is 0.481 e. The quantitative estimate of drug-likeness (QED) is 0.737. The molecule has 0 unspecified atom stereocenters. The number of carbonyl (C=O) groups is 1. The van der Waals surface area contributed by atoms with E-state index >= 15 is 0 Å². The van der Waals surface area contributed by atoms with Crippen LogP contribution in [0.4, 0.5) is 0 Å². The summed E-state index contributed by atoms with van der Waals surface area (Å²) in [6.45, 7) is 0. The number of pyridine rings is 1. The zero-order valence-electron chi connectivity index (χ0n) is 10.2. The van der Waals surface area contributed by atoms with Crippen molar-refractivity contribution in [3.05, 3.63) is 36.5 Å². The molecule has 1 N–H and O–H groups in total. The lowest BCUT2D eigenvalue weighted by molar-refractivity contribution is -0.133. The van der Waals surface area contributed by atoms with E-state index in [9.17, 15) is 4.79 Å². The minimum atomic E-state index is -0.932. The van der Waals surface area contributed by atoms with Crippen LogP contribution in [0.15, 0.2) is 46.2 Å². The Labute approximate surface area is 117 Å². The Kier molecular flexibility index (Phi) is 3.34. The van der Waals surface area contributed by atoms with Crippen LogP contribution in [0.2, 0.25) is 0 Å². The van der Waals surface area contributed by atoms with Crippen LogP contribution >= 0.6 is 11.8 Å². The summed E-state index contributed by atoms with van der Waals surface area (Å²) in [5.41, 5.74) is 0.595. The summed E-state index contributed by atoms with van der Waals surface area (Å²) in [7, 11) is 0. The van der Waals surface area contributed by atoms with Gasteiger partial charge >= 0.3 is 5.97 Å². The molecule has 0 amide bonds. The molecular weight excluding hydrogens is 278 g/mol. The first-order valence-corrected chi connectivity index (χ1v) is 6.75. The van der Waals surface area contributed by atoms with Crippen LogP contribution in [-0.4, -0.2) is 32.0 Å². The lowest BCUT2D eigenvalue weighted by atomic mass is 10.1. The van der Waals surface area contributed by atoms with Crippen LogP contribution in [0.5, 0.6) is 0 Å². The summed E-state index contributed by atoms with van der Waals surface area (Å²) in [6.07, 6.45) is 1.67. The van der Waals surface area contributed by atoms with Crippen molar-refractivity contribution in [3.63, 3.8) is 0 Å². The Morgan fingerprint density at radius 2 is 2.10 bits per heavy atom. The third-order valence-corrected chi connectivity index (χ3v) is 3.41. The SMILES string of the molecule is O=C(O)CSc1nnc(-c2nccc3ccccc23)o1. The molecular formula is C13H9N3O3S. The third-order valence-electron chi connectivity index (χ3n) is 2.60. The number of hydrogen-bond donors (Lipinski definition) is 1. The van der Waals surface area contributed by atoms with Gasteiger partial charge in [0.05, 0.1) is 0 Å². The highest BCUT2D eigenvalue weighted by molar-refractivity contribution is 7.99. The number of hydrogen-bond acceptors (Lipinski definition) is 6. The fourth-order valence-electron chi connectivity index (χ4n) is 1.78. The summed E-state index contributed by atoms with van der Waals surface area (Å²) < 4.78 is 5.44. The number of benzene rings is 1. The van der Waals surface area contributed by atoms with Gasteiger partial charge in [0, 0.05) is 11.6 Å². The van der Waals surface area contributed by atoms with Crippen LogP contribution < -0.4 is 0 Å². The molecule has 0 aliphatic rings. The second-order valence-electron chi connectivity index (χ2n) is 3.94. The van der Waals surface area contributed by atoms with Crippen LogP contribution in [0.25, 0.3) is 22.4 Å². The van der Waals surface area contributed by atoms with Crippen molar-refractivity contribution in [2.75, 3.05) is 5.75 Å². The Hall–Kier alpha value is -2.41. The predicted octanol–water partition coefficient (Wildman–Crippen LogP) is 2.46. The van der Waals surface area contributed by atoms with E-state index in [2.05, 4.69) is 15.2 Å². The van der Waals surface area contributed by atoms with Crippen molar-refractivity contribution in [1.29, 1.82) is 0 Å².